The lowest BCUT2D eigenvalue weighted by atomic mass is 10.5. The molecule has 0 aromatic carbocycles. The molecule has 0 spiro atoms. The van der Waals surface area contributed by atoms with Crippen LogP contribution in [0.25, 0.3) is 0 Å². The van der Waals surface area contributed by atoms with Gasteiger partial charge in [-0.1, -0.05) is 0 Å². The zero-order chi connectivity index (χ0) is 17.6. The van der Waals surface area contributed by atoms with Crippen LogP contribution in [0, 0.1) is 10.1 Å². The first-order valence-electron chi connectivity index (χ1n) is 6.28. The monoisotopic (exact) mass is 325 g/mol. The maximum absolute atomic E-state index is 11.1. The molecule has 0 saturated carbocycles. The van der Waals surface area contributed by atoms with Gasteiger partial charge in [0, 0.05) is 21.0 Å². The van der Waals surface area contributed by atoms with Crippen molar-refractivity contribution in [3.63, 3.8) is 0 Å². The summed E-state index contributed by atoms with van der Waals surface area (Å²) in [6.07, 6.45) is 1.12. The van der Waals surface area contributed by atoms with Crippen LogP contribution in [0.3, 0.4) is 0 Å². The minimum Gasteiger partial charge on any atom is -0.400 e. The van der Waals surface area contributed by atoms with Crippen molar-refractivity contribution < 1.29 is 23.7 Å². The first-order valence-corrected chi connectivity index (χ1v) is 6.28. The van der Waals surface area contributed by atoms with Crippen LogP contribution in [0.2, 0.25) is 0 Å². The second-order valence-electron chi connectivity index (χ2n) is 4.50. The van der Waals surface area contributed by atoms with Gasteiger partial charge in [-0.2, -0.15) is 5.10 Å². The van der Waals surface area contributed by atoms with Crippen molar-refractivity contribution in [1.82, 2.24) is 15.2 Å². The van der Waals surface area contributed by atoms with E-state index in [2.05, 4.69) is 5.10 Å². The number of hydrogen-bond donors (Lipinski definition) is 1. The summed E-state index contributed by atoms with van der Waals surface area (Å²) in [5, 5.41) is 16.9. The third-order valence-electron chi connectivity index (χ3n) is 2.52. The van der Waals surface area contributed by atoms with Crippen molar-refractivity contribution in [3.05, 3.63) is 28.0 Å². The molecule has 1 aromatic heterocycles. The molecule has 1 fully saturated rings. The van der Waals surface area contributed by atoms with E-state index in [9.17, 15) is 24.5 Å². The Morgan fingerprint density at radius 1 is 1.48 bits per heavy atom. The molecule has 1 aliphatic heterocycles. The first-order chi connectivity index (χ1) is 10.7. The summed E-state index contributed by atoms with van der Waals surface area (Å²) in [6, 6.07) is 1.85. The molecule has 23 heavy (non-hydrogen) atoms. The van der Waals surface area contributed by atoms with Crippen molar-refractivity contribution in [2.75, 3.05) is 20.6 Å². The van der Waals surface area contributed by atoms with E-state index in [0.717, 1.165) is 17.3 Å². The summed E-state index contributed by atoms with van der Waals surface area (Å²) < 4.78 is 4.78. The van der Waals surface area contributed by atoms with Gasteiger partial charge < -0.3 is 9.32 Å². The van der Waals surface area contributed by atoms with Gasteiger partial charge in [0.1, 0.15) is 11.5 Å². The fourth-order valence-corrected chi connectivity index (χ4v) is 1.16. The van der Waals surface area contributed by atoms with Crippen molar-refractivity contribution >= 4 is 29.9 Å². The van der Waals surface area contributed by atoms with Gasteiger partial charge in [0.15, 0.2) is 5.76 Å². The summed E-state index contributed by atoms with van der Waals surface area (Å²) in [6.45, 7) is 1.35. The van der Waals surface area contributed by atoms with Crippen molar-refractivity contribution in [1.29, 1.82) is 0 Å². The number of carbonyl (C=O) groups is 3. The number of rotatable bonds is 3. The summed E-state index contributed by atoms with van der Waals surface area (Å²) in [5.74, 6) is -0.676. The topological polar surface area (TPSA) is 138 Å². The van der Waals surface area contributed by atoms with Crippen LogP contribution in [-0.2, 0) is 9.59 Å². The average molecular weight is 325 g/mol. The number of amides is 4. The number of nitro groups is 1. The highest BCUT2D eigenvalue weighted by atomic mass is 16.6. The fourth-order valence-electron chi connectivity index (χ4n) is 1.16. The normalized spacial score (nSPS) is 13.6. The van der Waals surface area contributed by atoms with Gasteiger partial charge in [-0.3, -0.25) is 25.0 Å². The number of hydrogen-bond acceptors (Lipinski definition) is 7. The van der Waals surface area contributed by atoms with E-state index in [-0.39, 0.29) is 18.2 Å². The molecule has 0 unspecified atom stereocenters. The minimum absolute atomic E-state index is 0.0926. The molecule has 1 aliphatic rings. The van der Waals surface area contributed by atoms with Gasteiger partial charge in [0.2, 0.25) is 11.8 Å². The van der Waals surface area contributed by atoms with E-state index >= 15 is 0 Å². The number of carbonyl (C=O) groups excluding carboxylic acids is 3. The maximum atomic E-state index is 11.1. The zero-order valence-electron chi connectivity index (χ0n) is 12.7. The van der Waals surface area contributed by atoms with Gasteiger partial charge in [0.05, 0.1) is 12.3 Å². The van der Waals surface area contributed by atoms with Crippen molar-refractivity contribution in [2.24, 2.45) is 5.10 Å². The Balaban J connectivity index is 0.000000379. The molecule has 0 aliphatic carbocycles. The standard InChI is InChI=1S/C8H6N4O5.C4H9NO/c13-6-4-11(8(14)10-6)9-3-5-1-2-7(17-5)12(15)16;1-4(6)5(2)3/h1-3H,4H2,(H,10,13,14);1-3H3/b9-3+;. The fraction of sp³-hybridized carbons (Fsp3) is 0.333. The Morgan fingerprint density at radius 2 is 2.09 bits per heavy atom. The van der Waals surface area contributed by atoms with Crippen LogP contribution in [0.1, 0.15) is 12.7 Å². The Morgan fingerprint density at radius 3 is 2.48 bits per heavy atom. The quantitative estimate of drug-likeness (QED) is 0.364. The largest absolute Gasteiger partial charge is 0.433 e. The van der Waals surface area contributed by atoms with Crippen LogP contribution in [0.4, 0.5) is 10.7 Å². The zero-order valence-corrected chi connectivity index (χ0v) is 12.7. The molecule has 2 rings (SSSR count). The Labute approximate surface area is 130 Å². The average Bonchev–Trinajstić information content (AvgIpc) is 3.03. The predicted octanol–water partition coefficient (Wildman–Crippen LogP) is 0.168. The van der Waals surface area contributed by atoms with Crippen molar-refractivity contribution in [3.8, 4) is 0 Å². The highest BCUT2D eigenvalue weighted by molar-refractivity contribution is 6.02. The van der Waals surface area contributed by atoms with Crippen LogP contribution < -0.4 is 5.32 Å². The lowest BCUT2D eigenvalue weighted by molar-refractivity contribution is -0.402. The number of nitrogens with one attached hydrogen (secondary N) is 1. The molecule has 0 radical (unpaired) electrons. The highest BCUT2D eigenvalue weighted by Crippen LogP contribution is 2.14. The van der Waals surface area contributed by atoms with E-state index in [1.165, 1.54) is 17.9 Å². The van der Waals surface area contributed by atoms with Gasteiger partial charge in [-0.25, -0.2) is 9.80 Å². The molecule has 1 aromatic rings. The lowest BCUT2D eigenvalue weighted by Gasteiger charge is -2.02. The summed E-state index contributed by atoms with van der Waals surface area (Å²) in [5.41, 5.74) is 0. The predicted molar refractivity (Wildman–Crippen MR) is 77.6 cm³/mol. The van der Waals surface area contributed by atoms with E-state index in [0.29, 0.717) is 0 Å². The molecule has 0 bridgehead atoms. The third-order valence-corrected chi connectivity index (χ3v) is 2.52. The summed E-state index contributed by atoms with van der Waals surface area (Å²) >= 11 is 0. The van der Waals surface area contributed by atoms with Gasteiger partial charge in [0.25, 0.3) is 0 Å². The Bertz CT molecular complexity index is 650. The van der Waals surface area contributed by atoms with E-state index < -0.39 is 22.7 Å². The maximum Gasteiger partial charge on any atom is 0.433 e. The number of furan rings is 1. The second-order valence-corrected chi connectivity index (χ2v) is 4.50. The van der Waals surface area contributed by atoms with Gasteiger partial charge in [-0.05, 0) is 6.07 Å². The summed E-state index contributed by atoms with van der Waals surface area (Å²) in [4.78, 5) is 43.1. The van der Waals surface area contributed by atoms with E-state index in [1.807, 2.05) is 5.32 Å². The van der Waals surface area contributed by atoms with Crippen molar-refractivity contribution in [2.45, 2.75) is 6.92 Å². The minimum atomic E-state index is -0.691. The molecule has 11 heteroatoms. The van der Waals surface area contributed by atoms with Gasteiger partial charge >= 0.3 is 11.9 Å². The summed E-state index contributed by atoms with van der Waals surface area (Å²) in [7, 11) is 3.45. The Kier molecular flexibility index (Phi) is 5.95. The lowest BCUT2D eigenvalue weighted by Crippen LogP contribution is -2.24. The highest BCUT2D eigenvalue weighted by Gasteiger charge is 2.26. The number of imide groups is 1. The molecular weight excluding hydrogens is 310 g/mol. The second kappa shape index (κ2) is 7.68. The number of urea groups is 1. The Hall–Kier alpha value is -3.24. The molecule has 0 atom stereocenters. The van der Waals surface area contributed by atoms with Crippen LogP contribution in [-0.4, -0.2) is 59.5 Å². The molecule has 11 nitrogen and oxygen atoms in total. The molecule has 124 valence electrons. The number of hydrazone groups is 1. The SMILES string of the molecule is CC(=O)N(C)C.O=C1CN(/N=C/c2ccc([N+](=O)[O-])o2)C(=O)N1. The molecule has 1 saturated heterocycles. The molecular formula is C12H15N5O6. The first kappa shape index (κ1) is 17.8. The smallest absolute Gasteiger partial charge is 0.400 e. The molecule has 4 amide bonds. The molecule has 2 heterocycles. The van der Waals surface area contributed by atoms with Crippen LogP contribution in [0.15, 0.2) is 21.7 Å². The molecule has 1 N–H and O–H groups in total. The van der Waals surface area contributed by atoms with Crippen LogP contribution in [0.5, 0.6) is 0 Å². The third kappa shape index (κ3) is 5.57. The van der Waals surface area contributed by atoms with E-state index in [1.54, 1.807) is 14.1 Å². The van der Waals surface area contributed by atoms with E-state index in [4.69, 9.17) is 4.42 Å². The number of nitrogens with zero attached hydrogens (tertiary/aromatic N) is 4. The van der Waals surface area contributed by atoms with Crippen LogP contribution >= 0.6 is 0 Å². The van der Waals surface area contributed by atoms with Gasteiger partial charge in [-0.15, -0.1) is 0 Å².